The maximum absolute atomic E-state index is 12.1. The summed E-state index contributed by atoms with van der Waals surface area (Å²) in [7, 11) is -2.99. The number of nitrogens with zero attached hydrogens (tertiary/aromatic N) is 1. The molecular weight excluding hydrogens is 390 g/mol. The Bertz CT molecular complexity index is 767. The Morgan fingerprint density at radius 3 is 2.41 bits per heavy atom. The summed E-state index contributed by atoms with van der Waals surface area (Å²) in [6.45, 7) is 6.14. The lowest BCUT2D eigenvalue weighted by Crippen LogP contribution is -2.26. The average molecular weight is 426 g/mol. The number of benzene rings is 1. The van der Waals surface area contributed by atoms with Crippen molar-refractivity contribution < 1.29 is 18.1 Å². The summed E-state index contributed by atoms with van der Waals surface area (Å²) in [5.41, 5.74) is 0.887. The van der Waals surface area contributed by atoms with Gasteiger partial charge in [-0.3, -0.25) is 10.1 Å². The summed E-state index contributed by atoms with van der Waals surface area (Å²) in [6.07, 6.45) is 7.40. The number of nitro groups is 1. The van der Waals surface area contributed by atoms with Gasteiger partial charge in [0, 0.05) is 5.56 Å². The maximum atomic E-state index is 12.1. The first kappa shape index (κ1) is 23.6. The Morgan fingerprint density at radius 1 is 1.17 bits per heavy atom. The van der Waals surface area contributed by atoms with Gasteiger partial charge >= 0.3 is 0 Å². The van der Waals surface area contributed by atoms with E-state index in [0.29, 0.717) is 30.4 Å². The van der Waals surface area contributed by atoms with Crippen LogP contribution in [0.15, 0.2) is 18.2 Å². The quantitative estimate of drug-likeness (QED) is 0.271. The standard InChI is InChI=1S/C22H35NO5S/c1-4-5-14-28-21-13-12-20(22(15-21)23(24)25)11-10-18-6-8-19(9-7-18)16-29(26,27)17(2)3/h12-13,15,17-19H,4-11,14,16H2,1-3H3. The number of hydrogen-bond acceptors (Lipinski definition) is 5. The van der Waals surface area contributed by atoms with Crippen molar-refractivity contribution in [3.8, 4) is 5.75 Å². The van der Waals surface area contributed by atoms with Crippen LogP contribution in [0, 0.1) is 22.0 Å². The summed E-state index contributed by atoms with van der Waals surface area (Å²) < 4.78 is 29.9. The second-order valence-electron chi connectivity index (χ2n) is 8.55. The molecule has 7 heteroatoms. The summed E-state index contributed by atoms with van der Waals surface area (Å²) in [5, 5.41) is 11.2. The van der Waals surface area contributed by atoms with Crippen LogP contribution in [0.3, 0.4) is 0 Å². The molecule has 1 aromatic carbocycles. The molecule has 0 aromatic heterocycles. The zero-order chi connectivity index (χ0) is 21.4. The summed E-state index contributed by atoms with van der Waals surface area (Å²) in [6, 6.07) is 5.19. The lowest BCUT2D eigenvalue weighted by Gasteiger charge is -2.28. The Kier molecular flexibility index (Phi) is 8.93. The molecule has 0 atom stereocenters. The highest BCUT2D eigenvalue weighted by molar-refractivity contribution is 7.91. The van der Waals surface area contributed by atoms with E-state index in [1.54, 1.807) is 19.9 Å². The van der Waals surface area contributed by atoms with Gasteiger partial charge in [-0.15, -0.1) is 0 Å². The third-order valence-corrected chi connectivity index (χ3v) is 8.37. The van der Waals surface area contributed by atoms with E-state index in [-0.39, 0.29) is 21.8 Å². The van der Waals surface area contributed by atoms with Gasteiger partial charge in [0.15, 0.2) is 9.84 Å². The van der Waals surface area contributed by atoms with Gasteiger partial charge in [0.1, 0.15) is 5.75 Å². The normalized spacial score (nSPS) is 20.0. The largest absolute Gasteiger partial charge is 0.493 e. The Morgan fingerprint density at radius 2 is 1.83 bits per heavy atom. The van der Waals surface area contributed by atoms with Crippen molar-refractivity contribution in [2.75, 3.05) is 12.4 Å². The number of nitro benzene ring substituents is 1. The predicted molar refractivity (Wildman–Crippen MR) is 116 cm³/mol. The van der Waals surface area contributed by atoms with Gasteiger partial charge in [-0.2, -0.15) is 0 Å². The van der Waals surface area contributed by atoms with Gasteiger partial charge in [0.2, 0.25) is 0 Å². The van der Waals surface area contributed by atoms with Crippen LogP contribution in [0.5, 0.6) is 5.75 Å². The van der Waals surface area contributed by atoms with Crippen molar-refractivity contribution in [3.63, 3.8) is 0 Å². The minimum atomic E-state index is -2.99. The summed E-state index contributed by atoms with van der Waals surface area (Å²) in [5.74, 6) is 1.61. The minimum absolute atomic E-state index is 0.135. The molecule has 0 spiro atoms. The van der Waals surface area contributed by atoms with Gasteiger partial charge in [0.05, 0.1) is 28.6 Å². The third-order valence-electron chi connectivity index (χ3n) is 5.99. The fourth-order valence-electron chi connectivity index (χ4n) is 3.92. The van der Waals surface area contributed by atoms with Crippen LogP contribution in [0.25, 0.3) is 0 Å². The molecule has 0 unspecified atom stereocenters. The summed E-state index contributed by atoms with van der Waals surface area (Å²) >= 11 is 0. The smallest absolute Gasteiger partial charge is 0.276 e. The molecule has 1 fully saturated rings. The second kappa shape index (κ2) is 11.0. The van der Waals surface area contributed by atoms with Crippen molar-refractivity contribution in [2.45, 2.75) is 77.4 Å². The number of sulfone groups is 1. The highest BCUT2D eigenvalue weighted by Crippen LogP contribution is 2.34. The fourth-order valence-corrected chi connectivity index (χ4v) is 5.29. The number of unbranched alkanes of at least 4 members (excludes halogenated alkanes) is 1. The number of ether oxygens (including phenoxy) is 1. The van der Waals surface area contributed by atoms with Crippen molar-refractivity contribution in [3.05, 3.63) is 33.9 Å². The van der Waals surface area contributed by atoms with Gasteiger partial charge in [-0.25, -0.2) is 8.42 Å². The monoisotopic (exact) mass is 425 g/mol. The molecule has 0 N–H and O–H groups in total. The van der Waals surface area contributed by atoms with Crippen molar-refractivity contribution in [2.24, 2.45) is 11.8 Å². The molecule has 1 saturated carbocycles. The lowest BCUT2D eigenvalue weighted by molar-refractivity contribution is -0.385. The average Bonchev–Trinajstić information content (AvgIpc) is 2.67. The summed E-state index contributed by atoms with van der Waals surface area (Å²) in [4.78, 5) is 11.2. The lowest BCUT2D eigenvalue weighted by atomic mass is 9.80. The van der Waals surface area contributed by atoms with Crippen LogP contribution in [-0.2, 0) is 16.3 Å². The molecule has 6 nitrogen and oxygen atoms in total. The molecule has 0 aliphatic heterocycles. The molecule has 1 aliphatic carbocycles. The highest BCUT2D eigenvalue weighted by Gasteiger charge is 2.27. The van der Waals surface area contributed by atoms with Gasteiger partial charge in [-0.1, -0.05) is 26.2 Å². The molecule has 1 aromatic rings. The van der Waals surface area contributed by atoms with Crippen LogP contribution in [0.4, 0.5) is 5.69 Å². The van der Waals surface area contributed by atoms with E-state index >= 15 is 0 Å². The zero-order valence-electron chi connectivity index (χ0n) is 17.9. The first-order valence-corrected chi connectivity index (χ1v) is 12.6. The van der Waals surface area contributed by atoms with Crippen LogP contribution in [0.2, 0.25) is 0 Å². The molecule has 1 aliphatic rings. The fraction of sp³-hybridized carbons (Fsp3) is 0.727. The maximum Gasteiger partial charge on any atom is 0.276 e. The van der Waals surface area contributed by atoms with Crippen molar-refractivity contribution in [1.29, 1.82) is 0 Å². The Labute approximate surface area is 175 Å². The van der Waals surface area contributed by atoms with Crippen LogP contribution in [-0.4, -0.2) is 31.0 Å². The van der Waals surface area contributed by atoms with E-state index in [0.717, 1.165) is 50.5 Å². The molecule has 0 heterocycles. The van der Waals surface area contributed by atoms with Gasteiger partial charge < -0.3 is 4.74 Å². The molecular formula is C22H35NO5S. The van der Waals surface area contributed by atoms with E-state index in [4.69, 9.17) is 4.74 Å². The van der Waals surface area contributed by atoms with Crippen LogP contribution < -0.4 is 4.74 Å². The third kappa shape index (κ3) is 7.28. The van der Waals surface area contributed by atoms with E-state index < -0.39 is 9.84 Å². The number of hydrogen-bond donors (Lipinski definition) is 0. The Hall–Kier alpha value is -1.63. The first-order valence-electron chi connectivity index (χ1n) is 10.8. The van der Waals surface area contributed by atoms with Crippen molar-refractivity contribution >= 4 is 15.5 Å². The van der Waals surface area contributed by atoms with Gasteiger partial charge in [-0.05, 0) is 69.9 Å². The van der Waals surface area contributed by atoms with Gasteiger partial charge in [0.25, 0.3) is 5.69 Å². The molecule has 0 bridgehead atoms. The van der Waals surface area contributed by atoms with Crippen LogP contribution in [0.1, 0.15) is 71.3 Å². The zero-order valence-corrected chi connectivity index (χ0v) is 18.7. The molecule has 2 rings (SSSR count). The van der Waals surface area contributed by atoms with E-state index in [1.807, 2.05) is 12.1 Å². The first-order chi connectivity index (χ1) is 13.7. The minimum Gasteiger partial charge on any atom is -0.493 e. The van der Waals surface area contributed by atoms with Crippen molar-refractivity contribution in [1.82, 2.24) is 0 Å². The molecule has 0 saturated heterocycles. The number of aryl methyl sites for hydroxylation is 1. The molecule has 0 radical (unpaired) electrons. The molecule has 0 amide bonds. The Balaban J connectivity index is 1.88. The van der Waals surface area contributed by atoms with E-state index in [2.05, 4.69) is 6.92 Å². The molecule has 164 valence electrons. The topological polar surface area (TPSA) is 86.5 Å². The SMILES string of the molecule is CCCCOc1ccc(CCC2CCC(CS(=O)(=O)C(C)C)CC2)c([N+](=O)[O-])c1. The molecule has 29 heavy (non-hydrogen) atoms. The predicted octanol–water partition coefficient (Wildman–Crippen LogP) is 5.34. The van der Waals surface area contributed by atoms with E-state index in [9.17, 15) is 18.5 Å². The second-order valence-corrected chi connectivity index (χ2v) is 11.2. The highest BCUT2D eigenvalue weighted by atomic mass is 32.2. The number of rotatable bonds is 11. The van der Waals surface area contributed by atoms with E-state index in [1.165, 1.54) is 0 Å². The van der Waals surface area contributed by atoms with Crippen LogP contribution >= 0.6 is 0 Å².